The molecule has 0 fully saturated rings. The topological polar surface area (TPSA) is 20.9 Å². The van der Waals surface area contributed by atoms with Crippen LogP contribution >= 0.6 is 0 Å². The maximum absolute atomic E-state index is 11.5. The van der Waals surface area contributed by atoms with E-state index in [0.29, 0.717) is 0 Å². The van der Waals surface area contributed by atoms with Gasteiger partial charge < -0.3 is 0 Å². The number of pyridine rings is 1. The summed E-state index contributed by atoms with van der Waals surface area (Å²) in [5.41, 5.74) is 6.13. The molecule has 1 aromatic heterocycles. The fourth-order valence-electron chi connectivity index (χ4n) is 2.75. The van der Waals surface area contributed by atoms with Gasteiger partial charge in [0.25, 0.3) is 0 Å². The van der Waals surface area contributed by atoms with E-state index in [1.54, 1.807) is 6.92 Å². The molecule has 1 aromatic carbocycles. The van der Waals surface area contributed by atoms with Crippen LogP contribution in [-0.4, -0.2) is 5.78 Å². The van der Waals surface area contributed by atoms with Gasteiger partial charge >= 0.3 is 0 Å². The normalized spacial score (nSPS) is 13.0. The van der Waals surface area contributed by atoms with E-state index in [1.807, 2.05) is 12.3 Å². The van der Waals surface area contributed by atoms with Crippen LogP contribution in [0.25, 0.3) is 11.3 Å². The van der Waals surface area contributed by atoms with Crippen molar-refractivity contribution in [1.29, 1.82) is 0 Å². The zero-order valence-corrected chi connectivity index (χ0v) is 12.5. The number of hydrogen-bond donors (Lipinski definition) is 0. The Hall–Kier alpha value is -1.96. The van der Waals surface area contributed by atoms with Gasteiger partial charge in [-0.15, -0.1) is 0 Å². The lowest BCUT2D eigenvalue weighted by Gasteiger charge is -2.19. The van der Waals surface area contributed by atoms with E-state index in [-0.39, 0.29) is 11.2 Å². The van der Waals surface area contributed by atoms with Crippen molar-refractivity contribution in [1.82, 2.24) is 0 Å². The molecule has 102 valence electrons. The molecular formula is C18H20NO+. The third-order valence-corrected chi connectivity index (χ3v) is 4.02. The number of rotatable bonds is 1. The van der Waals surface area contributed by atoms with Crippen molar-refractivity contribution in [3.63, 3.8) is 0 Å². The molecule has 0 aliphatic carbocycles. The first-order valence-electron chi connectivity index (χ1n) is 7.04. The number of hydrogen-bond acceptors (Lipinski definition) is 1. The molecule has 1 aliphatic rings. The van der Waals surface area contributed by atoms with Crippen LogP contribution in [0.5, 0.6) is 0 Å². The first kappa shape index (κ1) is 13.0. The Labute approximate surface area is 120 Å². The van der Waals surface area contributed by atoms with Gasteiger partial charge in [0.15, 0.2) is 18.5 Å². The largest absolute Gasteiger partial charge is 0.294 e. The van der Waals surface area contributed by atoms with Crippen molar-refractivity contribution in [2.24, 2.45) is 0 Å². The number of Topliss-reactive ketones (excluding diaryl/α,β-unsaturated/α-hetero) is 1. The summed E-state index contributed by atoms with van der Waals surface area (Å²) >= 11 is 0. The number of benzene rings is 1. The Balaban J connectivity index is 2.08. The average Bonchev–Trinajstić information content (AvgIpc) is 2.73. The molecule has 20 heavy (non-hydrogen) atoms. The summed E-state index contributed by atoms with van der Waals surface area (Å²) in [6.45, 7) is 9.17. The van der Waals surface area contributed by atoms with E-state index in [9.17, 15) is 4.79 Å². The Morgan fingerprint density at radius 3 is 2.55 bits per heavy atom. The number of nitrogens with zero attached hydrogens (tertiary/aromatic N) is 1. The fraction of sp³-hybridized carbons (Fsp3) is 0.333. The van der Waals surface area contributed by atoms with Gasteiger partial charge in [0.2, 0.25) is 5.69 Å². The first-order chi connectivity index (χ1) is 9.36. The van der Waals surface area contributed by atoms with Gasteiger partial charge in [0.1, 0.15) is 0 Å². The molecule has 0 unspecified atom stereocenters. The van der Waals surface area contributed by atoms with Gasteiger partial charge in [0.05, 0.1) is 11.1 Å². The molecule has 3 rings (SSSR count). The molecule has 0 saturated carbocycles. The van der Waals surface area contributed by atoms with E-state index in [2.05, 4.69) is 49.6 Å². The van der Waals surface area contributed by atoms with E-state index in [0.717, 1.165) is 12.1 Å². The monoisotopic (exact) mass is 266 g/mol. The van der Waals surface area contributed by atoms with Gasteiger partial charge in [-0.1, -0.05) is 26.8 Å². The van der Waals surface area contributed by atoms with E-state index in [4.69, 9.17) is 0 Å². The SMILES string of the molecule is CC(=O)c1ccc2[n+](c1)Cc1cc(C(C)(C)C)ccc1-2. The highest BCUT2D eigenvalue weighted by molar-refractivity contribution is 5.93. The molecule has 1 aliphatic heterocycles. The molecule has 0 amide bonds. The van der Waals surface area contributed by atoms with E-state index in [1.165, 1.54) is 22.4 Å². The van der Waals surface area contributed by atoms with E-state index < -0.39 is 0 Å². The summed E-state index contributed by atoms with van der Waals surface area (Å²) < 4.78 is 2.17. The van der Waals surface area contributed by atoms with Crippen molar-refractivity contribution in [2.75, 3.05) is 0 Å². The highest BCUT2D eigenvalue weighted by Gasteiger charge is 2.28. The standard InChI is InChI=1S/C18H20NO/c1-12(20)13-5-8-17-16-7-6-15(18(2,3)4)9-14(16)11-19(17)10-13/h5-10H,11H2,1-4H3/q+1. The summed E-state index contributed by atoms with van der Waals surface area (Å²) in [6.07, 6.45) is 1.97. The van der Waals surface area contributed by atoms with Crippen molar-refractivity contribution in [2.45, 2.75) is 39.7 Å². The minimum atomic E-state index is 0.117. The van der Waals surface area contributed by atoms with Crippen molar-refractivity contribution in [3.8, 4) is 11.3 Å². The molecule has 0 saturated heterocycles. The van der Waals surface area contributed by atoms with Crippen LogP contribution in [0.2, 0.25) is 0 Å². The van der Waals surface area contributed by atoms with Gasteiger partial charge in [-0.25, -0.2) is 0 Å². The third-order valence-electron chi connectivity index (χ3n) is 4.02. The molecule has 2 aromatic rings. The van der Waals surface area contributed by atoms with Crippen molar-refractivity contribution in [3.05, 3.63) is 53.2 Å². The molecule has 0 N–H and O–H groups in total. The minimum Gasteiger partial charge on any atom is -0.294 e. The summed E-state index contributed by atoms with van der Waals surface area (Å²) in [5, 5.41) is 0. The quantitative estimate of drug-likeness (QED) is 0.488. The van der Waals surface area contributed by atoms with Gasteiger partial charge in [0, 0.05) is 11.6 Å². The minimum absolute atomic E-state index is 0.117. The van der Waals surface area contributed by atoms with Crippen LogP contribution in [0.3, 0.4) is 0 Å². The van der Waals surface area contributed by atoms with Gasteiger partial charge in [-0.2, -0.15) is 4.57 Å². The molecule has 0 bridgehead atoms. The maximum atomic E-state index is 11.5. The zero-order chi connectivity index (χ0) is 14.5. The maximum Gasteiger partial charge on any atom is 0.213 e. The molecule has 0 spiro atoms. The van der Waals surface area contributed by atoms with Crippen molar-refractivity contribution >= 4 is 5.78 Å². The van der Waals surface area contributed by atoms with E-state index >= 15 is 0 Å². The summed E-state index contributed by atoms with van der Waals surface area (Å²) in [4.78, 5) is 11.5. The second kappa shape index (κ2) is 4.27. The van der Waals surface area contributed by atoms with Crippen LogP contribution < -0.4 is 4.57 Å². The number of ketones is 1. The molecule has 2 nitrogen and oxygen atoms in total. The van der Waals surface area contributed by atoms with Crippen LogP contribution in [0, 0.1) is 0 Å². The lowest BCUT2D eigenvalue weighted by molar-refractivity contribution is -0.672. The second-order valence-corrected chi connectivity index (χ2v) is 6.61. The van der Waals surface area contributed by atoms with Crippen LogP contribution in [0.15, 0.2) is 36.5 Å². The van der Waals surface area contributed by atoms with Crippen LogP contribution in [0.4, 0.5) is 0 Å². The fourth-order valence-corrected chi connectivity index (χ4v) is 2.75. The predicted molar refractivity (Wildman–Crippen MR) is 79.9 cm³/mol. The molecule has 2 heterocycles. The molecule has 2 heteroatoms. The number of aromatic nitrogens is 1. The van der Waals surface area contributed by atoms with Crippen molar-refractivity contribution < 1.29 is 9.36 Å². The highest BCUT2D eigenvalue weighted by Crippen LogP contribution is 2.31. The molecule has 0 radical (unpaired) electrons. The molecular weight excluding hydrogens is 246 g/mol. The molecule has 0 atom stereocenters. The Morgan fingerprint density at radius 2 is 1.90 bits per heavy atom. The van der Waals surface area contributed by atoms with Gasteiger partial charge in [-0.05, 0) is 36.1 Å². The van der Waals surface area contributed by atoms with Crippen LogP contribution in [0.1, 0.15) is 49.2 Å². The third kappa shape index (κ3) is 2.05. The number of carbonyl (C=O) groups excluding carboxylic acids is 1. The summed E-state index contributed by atoms with van der Waals surface area (Å²) in [6, 6.07) is 10.7. The Bertz CT molecular complexity index is 708. The Kier molecular flexibility index (Phi) is 2.79. The lowest BCUT2D eigenvalue weighted by Crippen LogP contribution is -2.32. The van der Waals surface area contributed by atoms with Gasteiger partial charge in [-0.3, -0.25) is 4.79 Å². The lowest BCUT2D eigenvalue weighted by atomic mass is 9.85. The number of fused-ring (bicyclic) bond motifs is 3. The predicted octanol–water partition coefficient (Wildman–Crippen LogP) is 3.50. The highest BCUT2D eigenvalue weighted by atomic mass is 16.1. The summed E-state index contributed by atoms with van der Waals surface area (Å²) in [5.74, 6) is 0.117. The zero-order valence-electron chi connectivity index (χ0n) is 12.5. The van der Waals surface area contributed by atoms with Crippen LogP contribution in [-0.2, 0) is 12.0 Å². The second-order valence-electron chi connectivity index (χ2n) is 6.61. The Morgan fingerprint density at radius 1 is 1.15 bits per heavy atom. The summed E-state index contributed by atoms with van der Waals surface area (Å²) in [7, 11) is 0. The number of carbonyl (C=O) groups is 1. The average molecular weight is 266 g/mol. The smallest absolute Gasteiger partial charge is 0.213 e. The first-order valence-corrected chi connectivity index (χ1v) is 7.04.